The van der Waals surface area contributed by atoms with Gasteiger partial charge in [0.15, 0.2) is 0 Å². The van der Waals surface area contributed by atoms with Crippen molar-refractivity contribution >= 4 is 23.6 Å². The molecule has 0 fully saturated rings. The number of amides is 2. The Bertz CT molecular complexity index is 910. The van der Waals surface area contributed by atoms with Gasteiger partial charge in [0.25, 0.3) is 0 Å². The predicted octanol–water partition coefficient (Wildman–Crippen LogP) is 5.78. The van der Waals surface area contributed by atoms with Gasteiger partial charge in [-0.25, -0.2) is 9.59 Å². The van der Waals surface area contributed by atoms with E-state index in [0.717, 1.165) is 5.56 Å². The zero-order valence-corrected chi connectivity index (χ0v) is 18.3. The Labute approximate surface area is 178 Å². The molecule has 0 radical (unpaired) electrons. The van der Waals surface area contributed by atoms with Gasteiger partial charge in [0.2, 0.25) is 0 Å². The van der Waals surface area contributed by atoms with Crippen molar-refractivity contribution in [1.82, 2.24) is 0 Å². The van der Waals surface area contributed by atoms with Crippen LogP contribution in [0.1, 0.15) is 52.7 Å². The summed E-state index contributed by atoms with van der Waals surface area (Å²) < 4.78 is 10.7. The standard InChI is InChI=1S/C24H28N2O4/c1-23(2,3)29-21(27)25-19-13-10-14-20(26-22(28)30-24(4,5)6)18(19)16-15-17-11-8-7-9-12-17/h7-14H,1-6H3,(H,25,27)(H,26,28). The number of anilines is 2. The first-order chi connectivity index (χ1) is 13.9. The first-order valence-corrected chi connectivity index (χ1v) is 9.63. The predicted molar refractivity (Wildman–Crippen MR) is 119 cm³/mol. The van der Waals surface area contributed by atoms with Crippen LogP contribution in [0.25, 0.3) is 0 Å². The zero-order valence-electron chi connectivity index (χ0n) is 18.3. The Morgan fingerprint density at radius 2 is 1.17 bits per heavy atom. The van der Waals surface area contributed by atoms with Crippen molar-refractivity contribution < 1.29 is 19.1 Å². The van der Waals surface area contributed by atoms with Gasteiger partial charge in [0.05, 0.1) is 16.9 Å². The van der Waals surface area contributed by atoms with Crippen LogP contribution in [0.5, 0.6) is 0 Å². The zero-order chi connectivity index (χ0) is 22.4. The minimum Gasteiger partial charge on any atom is -0.444 e. The molecule has 0 atom stereocenters. The average Bonchev–Trinajstić information content (AvgIpc) is 2.58. The molecule has 0 heterocycles. The molecule has 0 saturated heterocycles. The summed E-state index contributed by atoms with van der Waals surface area (Å²) in [5.41, 5.74) is 0.784. The van der Waals surface area contributed by atoms with Gasteiger partial charge in [0, 0.05) is 5.56 Å². The number of hydrogen-bond acceptors (Lipinski definition) is 4. The quantitative estimate of drug-likeness (QED) is 0.618. The number of nitrogens with one attached hydrogen (secondary N) is 2. The Balaban J connectivity index is 2.40. The van der Waals surface area contributed by atoms with Gasteiger partial charge in [-0.2, -0.15) is 0 Å². The molecule has 0 aliphatic rings. The molecule has 0 bridgehead atoms. The van der Waals surface area contributed by atoms with Gasteiger partial charge < -0.3 is 9.47 Å². The maximum absolute atomic E-state index is 12.3. The summed E-state index contributed by atoms with van der Waals surface area (Å²) in [4.78, 5) is 24.6. The fourth-order valence-electron chi connectivity index (χ4n) is 2.38. The molecule has 0 saturated carbocycles. The summed E-state index contributed by atoms with van der Waals surface area (Å²) in [7, 11) is 0. The number of carbonyl (C=O) groups excluding carboxylic acids is 2. The maximum Gasteiger partial charge on any atom is 0.412 e. The Kier molecular flexibility index (Phi) is 7.12. The minimum atomic E-state index is -0.646. The van der Waals surface area contributed by atoms with Crippen LogP contribution in [0.15, 0.2) is 48.5 Å². The van der Waals surface area contributed by atoms with Gasteiger partial charge in [-0.15, -0.1) is 0 Å². The topological polar surface area (TPSA) is 76.7 Å². The van der Waals surface area contributed by atoms with E-state index in [1.54, 1.807) is 59.7 Å². The molecule has 2 rings (SSSR count). The van der Waals surface area contributed by atoms with Crippen LogP contribution in [-0.4, -0.2) is 23.4 Å². The summed E-state index contributed by atoms with van der Waals surface area (Å²) in [5, 5.41) is 5.42. The fourth-order valence-corrected chi connectivity index (χ4v) is 2.38. The molecule has 0 aliphatic heterocycles. The van der Waals surface area contributed by atoms with Gasteiger partial charge in [-0.1, -0.05) is 36.1 Å². The van der Waals surface area contributed by atoms with E-state index in [2.05, 4.69) is 22.5 Å². The number of rotatable bonds is 2. The third kappa shape index (κ3) is 7.88. The van der Waals surface area contributed by atoms with E-state index >= 15 is 0 Å². The van der Waals surface area contributed by atoms with Crippen LogP contribution in [0.2, 0.25) is 0 Å². The molecule has 0 aromatic heterocycles. The van der Waals surface area contributed by atoms with Crippen LogP contribution in [0.3, 0.4) is 0 Å². The van der Waals surface area contributed by atoms with Crippen LogP contribution in [0, 0.1) is 11.8 Å². The molecular formula is C24H28N2O4. The highest BCUT2D eigenvalue weighted by molar-refractivity contribution is 5.93. The second kappa shape index (κ2) is 9.36. The highest BCUT2D eigenvalue weighted by Crippen LogP contribution is 2.25. The summed E-state index contributed by atoms with van der Waals surface area (Å²) in [6.45, 7) is 10.7. The first kappa shape index (κ1) is 22.8. The van der Waals surface area contributed by atoms with Crippen molar-refractivity contribution in [2.24, 2.45) is 0 Å². The maximum atomic E-state index is 12.3. The lowest BCUT2D eigenvalue weighted by atomic mass is 10.1. The van der Waals surface area contributed by atoms with Crippen LogP contribution >= 0.6 is 0 Å². The first-order valence-electron chi connectivity index (χ1n) is 9.63. The van der Waals surface area contributed by atoms with Crippen molar-refractivity contribution in [3.05, 3.63) is 59.7 Å². The van der Waals surface area contributed by atoms with E-state index in [1.165, 1.54) is 0 Å². The minimum absolute atomic E-state index is 0.418. The summed E-state index contributed by atoms with van der Waals surface area (Å²) in [5.74, 6) is 6.09. The molecule has 2 amide bonds. The number of ether oxygens (including phenoxy) is 2. The van der Waals surface area contributed by atoms with Crippen molar-refractivity contribution in [2.45, 2.75) is 52.7 Å². The van der Waals surface area contributed by atoms with Crippen LogP contribution < -0.4 is 10.6 Å². The van der Waals surface area contributed by atoms with Crippen molar-refractivity contribution in [1.29, 1.82) is 0 Å². The third-order valence-electron chi connectivity index (χ3n) is 3.44. The normalized spacial score (nSPS) is 11.0. The molecule has 6 nitrogen and oxygen atoms in total. The molecule has 0 unspecified atom stereocenters. The highest BCUT2D eigenvalue weighted by atomic mass is 16.6. The second-order valence-electron chi connectivity index (χ2n) is 8.60. The lowest BCUT2D eigenvalue weighted by Gasteiger charge is -2.21. The largest absolute Gasteiger partial charge is 0.444 e. The Hall–Kier alpha value is -3.46. The van der Waals surface area contributed by atoms with Gasteiger partial charge >= 0.3 is 12.2 Å². The summed E-state index contributed by atoms with van der Waals surface area (Å²) in [6.07, 6.45) is -1.22. The van der Waals surface area contributed by atoms with Gasteiger partial charge in [0.1, 0.15) is 11.2 Å². The summed E-state index contributed by atoms with van der Waals surface area (Å²) >= 11 is 0. The molecule has 30 heavy (non-hydrogen) atoms. The van der Waals surface area contributed by atoms with Crippen molar-refractivity contribution in [2.75, 3.05) is 10.6 Å². The van der Waals surface area contributed by atoms with Gasteiger partial charge in [-0.3, -0.25) is 10.6 Å². The Morgan fingerprint density at radius 1 is 0.700 bits per heavy atom. The third-order valence-corrected chi connectivity index (χ3v) is 3.44. The molecule has 0 spiro atoms. The van der Waals surface area contributed by atoms with Crippen LogP contribution in [0.4, 0.5) is 21.0 Å². The molecule has 2 aromatic carbocycles. The lowest BCUT2D eigenvalue weighted by Crippen LogP contribution is -2.28. The van der Waals surface area contributed by atoms with Crippen molar-refractivity contribution in [3.63, 3.8) is 0 Å². The highest BCUT2D eigenvalue weighted by Gasteiger charge is 2.20. The van der Waals surface area contributed by atoms with E-state index in [1.807, 2.05) is 30.3 Å². The van der Waals surface area contributed by atoms with E-state index in [0.29, 0.717) is 16.9 Å². The van der Waals surface area contributed by atoms with E-state index in [-0.39, 0.29) is 0 Å². The fraction of sp³-hybridized carbons (Fsp3) is 0.333. The smallest absolute Gasteiger partial charge is 0.412 e. The molecule has 6 heteroatoms. The lowest BCUT2D eigenvalue weighted by molar-refractivity contribution is 0.0625. The van der Waals surface area contributed by atoms with Crippen LogP contribution in [-0.2, 0) is 9.47 Å². The molecule has 158 valence electrons. The Morgan fingerprint density at radius 3 is 1.60 bits per heavy atom. The van der Waals surface area contributed by atoms with Crippen molar-refractivity contribution in [3.8, 4) is 11.8 Å². The summed E-state index contributed by atoms with van der Waals surface area (Å²) in [6, 6.07) is 14.5. The van der Waals surface area contributed by atoms with E-state index in [9.17, 15) is 9.59 Å². The molecule has 0 aliphatic carbocycles. The second-order valence-corrected chi connectivity index (χ2v) is 8.60. The SMILES string of the molecule is CC(C)(C)OC(=O)Nc1cccc(NC(=O)OC(C)(C)C)c1C#Cc1ccccc1. The molecular weight excluding hydrogens is 380 g/mol. The number of hydrogen-bond donors (Lipinski definition) is 2. The number of carbonyl (C=O) groups is 2. The van der Waals surface area contributed by atoms with E-state index < -0.39 is 23.4 Å². The van der Waals surface area contributed by atoms with Gasteiger partial charge in [-0.05, 0) is 65.8 Å². The van der Waals surface area contributed by atoms with E-state index in [4.69, 9.17) is 9.47 Å². The average molecular weight is 408 g/mol. The molecule has 2 N–H and O–H groups in total. The molecule has 2 aromatic rings. The number of benzene rings is 2. The monoisotopic (exact) mass is 408 g/mol.